The van der Waals surface area contributed by atoms with Gasteiger partial charge in [0.1, 0.15) is 0 Å². The third-order valence-corrected chi connectivity index (χ3v) is 4.22. The first-order chi connectivity index (χ1) is 9.20. The Morgan fingerprint density at radius 1 is 1.37 bits per heavy atom. The summed E-state index contributed by atoms with van der Waals surface area (Å²) in [6, 6.07) is 8.98. The van der Waals surface area contributed by atoms with Crippen molar-refractivity contribution in [1.29, 1.82) is 5.26 Å². The monoisotopic (exact) mass is 286 g/mol. The summed E-state index contributed by atoms with van der Waals surface area (Å²) in [6.07, 6.45) is 1.66. The maximum Gasteiger partial charge on any atom is 0.206 e. The average molecular weight is 287 g/mol. The number of nitrogens with zero attached hydrogens (tertiary/aromatic N) is 1. The van der Waals surface area contributed by atoms with Gasteiger partial charge in [-0.05, 0) is 23.6 Å². The van der Waals surface area contributed by atoms with Crippen LogP contribution in [0.5, 0.6) is 0 Å². The van der Waals surface area contributed by atoms with Crippen molar-refractivity contribution in [2.75, 3.05) is 0 Å². The molecule has 92 valence electrons. The fourth-order valence-electron chi connectivity index (χ4n) is 1.96. The summed E-state index contributed by atoms with van der Waals surface area (Å²) in [6.45, 7) is 0. The average Bonchev–Trinajstić information content (AvgIpc) is 3.03. The van der Waals surface area contributed by atoms with Crippen LogP contribution in [0.15, 0.2) is 35.8 Å². The molecule has 0 atom stereocenters. The smallest absolute Gasteiger partial charge is 0.206 e. The van der Waals surface area contributed by atoms with E-state index in [9.17, 15) is 4.79 Å². The van der Waals surface area contributed by atoms with Crippen molar-refractivity contribution in [3.63, 3.8) is 0 Å². The zero-order chi connectivity index (χ0) is 13.4. The number of carbonyl (C=O) groups excluding carboxylic acids is 1. The molecule has 0 aliphatic rings. The van der Waals surface area contributed by atoms with Crippen molar-refractivity contribution in [2.24, 2.45) is 0 Å². The van der Waals surface area contributed by atoms with Crippen LogP contribution in [0.2, 0.25) is 5.02 Å². The highest BCUT2D eigenvalue weighted by atomic mass is 35.5. The van der Waals surface area contributed by atoms with E-state index in [2.05, 4.69) is 11.1 Å². The number of H-pyrrole nitrogens is 1. The van der Waals surface area contributed by atoms with Crippen LogP contribution in [-0.2, 0) is 0 Å². The summed E-state index contributed by atoms with van der Waals surface area (Å²) >= 11 is 7.31. The third-order valence-electron chi connectivity index (χ3n) is 2.88. The Morgan fingerprint density at radius 2 is 2.21 bits per heavy atom. The number of nitrogens with one attached hydrogen (secondary N) is 1. The van der Waals surface area contributed by atoms with Crippen LogP contribution in [0, 0.1) is 11.3 Å². The lowest BCUT2D eigenvalue weighted by molar-refractivity contribution is 0.104. The molecular formula is C14H7ClN2OS. The molecule has 19 heavy (non-hydrogen) atoms. The van der Waals surface area contributed by atoms with E-state index >= 15 is 0 Å². The normalized spacial score (nSPS) is 10.5. The molecule has 0 bridgehead atoms. The second kappa shape index (κ2) is 4.54. The summed E-state index contributed by atoms with van der Waals surface area (Å²) in [5.74, 6) is -0.101. The van der Waals surface area contributed by atoms with E-state index in [0.717, 1.165) is 10.9 Å². The number of benzene rings is 1. The predicted molar refractivity (Wildman–Crippen MR) is 75.8 cm³/mol. The summed E-state index contributed by atoms with van der Waals surface area (Å²) in [5, 5.41) is 11.9. The molecule has 0 saturated heterocycles. The molecule has 0 aliphatic carbocycles. The number of halogens is 1. The second-order valence-corrected chi connectivity index (χ2v) is 5.32. The van der Waals surface area contributed by atoms with Gasteiger partial charge in [0.15, 0.2) is 0 Å². The first kappa shape index (κ1) is 12.0. The van der Waals surface area contributed by atoms with Gasteiger partial charge in [0.25, 0.3) is 0 Å². The fraction of sp³-hybridized carbons (Fsp3) is 0. The van der Waals surface area contributed by atoms with Gasteiger partial charge in [0.05, 0.1) is 21.5 Å². The Labute approximate surface area is 118 Å². The minimum Gasteiger partial charge on any atom is -0.360 e. The summed E-state index contributed by atoms with van der Waals surface area (Å²) in [7, 11) is 0. The quantitative estimate of drug-likeness (QED) is 0.724. The molecule has 0 spiro atoms. The van der Waals surface area contributed by atoms with E-state index in [0.29, 0.717) is 21.0 Å². The number of carbonyl (C=O) groups is 1. The highest BCUT2D eigenvalue weighted by Gasteiger charge is 2.18. The molecule has 0 amide bonds. The predicted octanol–water partition coefficient (Wildman–Crippen LogP) is 3.99. The van der Waals surface area contributed by atoms with Crippen LogP contribution in [0.4, 0.5) is 0 Å². The maximum atomic E-state index is 12.4. The van der Waals surface area contributed by atoms with Gasteiger partial charge in [-0.2, -0.15) is 5.26 Å². The van der Waals surface area contributed by atoms with Gasteiger partial charge < -0.3 is 4.98 Å². The third kappa shape index (κ3) is 1.93. The van der Waals surface area contributed by atoms with E-state index in [1.165, 1.54) is 11.3 Å². The molecule has 3 nitrogen and oxygen atoms in total. The van der Waals surface area contributed by atoms with Gasteiger partial charge in [-0.1, -0.05) is 17.7 Å². The molecule has 0 fully saturated rings. The van der Waals surface area contributed by atoms with Gasteiger partial charge in [-0.3, -0.25) is 4.79 Å². The number of aromatic amines is 1. The van der Waals surface area contributed by atoms with Crippen molar-refractivity contribution in [3.8, 4) is 6.07 Å². The molecule has 5 heteroatoms. The standard InChI is InChI=1S/C14H7ClN2OS/c15-11-3-4-19-14(11)13(18)10-7-17-12-5-8(6-16)1-2-9(10)12/h1-5,7,17H. The largest absolute Gasteiger partial charge is 0.360 e. The first-order valence-corrected chi connectivity index (χ1v) is 6.75. The molecule has 1 aromatic carbocycles. The molecule has 2 aromatic heterocycles. The van der Waals surface area contributed by atoms with Gasteiger partial charge in [0.2, 0.25) is 5.78 Å². The van der Waals surface area contributed by atoms with E-state index in [4.69, 9.17) is 16.9 Å². The lowest BCUT2D eigenvalue weighted by Gasteiger charge is -1.97. The minimum absolute atomic E-state index is 0.101. The fourth-order valence-corrected chi connectivity index (χ4v) is 3.06. The highest BCUT2D eigenvalue weighted by molar-refractivity contribution is 7.13. The van der Waals surface area contributed by atoms with E-state index in [1.807, 2.05) is 0 Å². The Morgan fingerprint density at radius 3 is 2.89 bits per heavy atom. The molecule has 2 heterocycles. The molecule has 0 aliphatic heterocycles. The summed E-state index contributed by atoms with van der Waals surface area (Å²) in [4.78, 5) is 15.9. The maximum absolute atomic E-state index is 12.4. The number of thiophene rings is 1. The highest BCUT2D eigenvalue weighted by Crippen LogP contribution is 2.28. The van der Waals surface area contributed by atoms with E-state index < -0.39 is 0 Å². The number of rotatable bonds is 2. The zero-order valence-electron chi connectivity index (χ0n) is 9.61. The zero-order valence-corrected chi connectivity index (χ0v) is 11.2. The molecule has 3 aromatic rings. The van der Waals surface area contributed by atoms with Crippen LogP contribution in [0.3, 0.4) is 0 Å². The number of hydrogen-bond donors (Lipinski definition) is 1. The van der Waals surface area contributed by atoms with Gasteiger partial charge in [0, 0.05) is 22.7 Å². The van der Waals surface area contributed by atoms with Crippen LogP contribution in [0.25, 0.3) is 10.9 Å². The van der Waals surface area contributed by atoms with Crippen LogP contribution in [0.1, 0.15) is 20.8 Å². The Kier molecular flexibility index (Phi) is 2.86. The van der Waals surface area contributed by atoms with Crippen molar-refractivity contribution in [3.05, 3.63) is 56.9 Å². The Hall–Kier alpha value is -2.09. The number of nitriles is 1. The molecule has 0 saturated carbocycles. The molecule has 0 unspecified atom stereocenters. The SMILES string of the molecule is N#Cc1ccc2c(C(=O)c3sccc3Cl)c[nH]c2c1. The first-order valence-electron chi connectivity index (χ1n) is 5.49. The Balaban J connectivity index is 2.14. The van der Waals surface area contributed by atoms with Gasteiger partial charge in [-0.15, -0.1) is 11.3 Å². The number of hydrogen-bond acceptors (Lipinski definition) is 3. The summed E-state index contributed by atoms with van der Waals surface area (Å²) < 4.78 is 0. The number of fused-ring (bicyclic) bond motifs is 1. The van der Waals surface area contributed by atoms with Gasteiger partial charge in [-0.25, -0.2) is 0 Å². The van der Waals surface area contributed by atoms with Crippen LogP contribution >= 0.6 is 22.9 Å². The molecule has 3 rings (SSSR count). The number of aromatic nitrogens is 1. The summed E-state index contributed by atoms with van der Waals surface area (Å²) in [5.41, 5.74) is 1.90. The number of ketones is 1. The Bertz CT molecular complexity index is 825. The molecule has 1 N–H and O–H groups in total. The molecular weight excluding hydrogens is 280 g/mol. The molecule has 0 radical (unpaired) electrons. The van der Waals surface area contributed by atoms with Crippen molar-refractivity contribution >= 4 is 39.6 Å². The van der Waals surface area contributed by atoms with E-state index in [-0.39, 0.29) is 5.78 Å². The van der Waals surface area contributed by atoms with Crippen molar-refractivity contribution < 1.29 is 4.79 Å². The second-order valence-electron chi connectivity index (χ2n) is 4.00. The minimum atomic E-state index is -0.101. The van der Waals surface area contributed by atoms with Gasteiger partial charge >= 0.3 is 0 Å². The topological polar surface area (TPSA) is 56.6 Å². The van der Waals surface area contributed by atoms with Crippen LogP contribution < -0.4 is 0 Å². The lowest BCUT2D eigenvalue weighted by atomic mass is 10.1. The lowest BCUT2D eigenvalue weighted by Crippen LogP contribution is -1.97. The van der Waals surface area contributed by atoms with Crippen molar-refractivity contribution in [1.82, 2.24) is 4.98 Å². The van der Waals surface area contributed by atoms with Crippen molar-refractivity contribution in [2.45, 2.75) is 0 Å². The van der Waals surface area contributed by atoms with E-state index in [1.54, 1.807) is 35.8 Å². The van der Waals surface area contributed by atoms with Crippen LogP contribution in [-0.4, -0.2) is 10.8 Å².